The number of aromatic nitrogens is 2. The molecule has 1 aromatic carbocycles. The summed E-state index contributed by atoms with van der Waals surface area (Å²) >= 11 is 0. The van der Waals surface area contributed by atoms with Crippen LogP contribution in [0.2, 0.25) is 0 Å². The first kappa shape index (κ1) is 13.8. The minimum absolute atomic E-state index is 0.514. The molecule has 2 rings (SSSR count). The van der Waals surface area contributed by atoms with Gasteiger partial charge in [-0.15, -0.1) is 0 Å². The van der Waals surface area contributed by atoms with E-state index in [0.717, 1.165) is 28.3 Å². The van der Waals surface area contributed by atoms with E-state index in [9.17, 15) is 0 Å². The van der Waals surface area contributed by atoms with Gasteiger partial charge in [-0.05, 0) is 44.0 Å². The van der Waals surface area contributed by atoms with Crippen LogP contribution in [0.25, 0.3) is 0 Å². The molecule has 0 aliphatic rings. The van der Waals surface area contributed by atoms with Gasteiger partial charge >= 0.3 is 0 Å². The van der Waals surface area contributed by atoms with Crippen LogP contribution in [0.5, 0.6) is 11.6 Å². The second-order valence-electron chi connectivity index (χ2n) is 4.56. The average molecular weight is 268 g/mol. The average Bonchev–Trinajstić information content (AvgIpc) is 2.44. The van der Waals surface area contributed by atoms with Crippen molar-refractivity contribution in [1.29, 1.82) is 5.26 Å². The molecule has 1 aromatic heterocycles. The molecule has 2 aromatic rings. The van der Waals surface area contributed by atoms with Crippen LogP contribution in [0, 0.1) is 32.1 Å². The summed E-state index contributed by atoms with van der Waals surface area (Å²) in [5.74, 6) is 1.98. The molecule has 5 nitrogen and oxygen atoms in total. The fourth-order valence-corrected chi connectivity index (χ4v) is 2.06. The predicted molar refractivity (Wildman–Crippen MR) is 77.0 cm³/mol. The second kappa shape index (κ2) is 5.57. The van der Waals surface area contributed by atoms with E-state index < -0.39 is 0 Å². The van der Waals surface area contributed by atoms with Gasteiger partial charge in [0.25, 0.3) is 0 Å². The van der Waals surface area contributed by atoms with Crippen LogP contribution >= 0.6 is 0 Å². The highest BCUT2D eigenvalue weighted by Crippen LogP contribution is 2.31. The third-order valence-electron chi connectivity index (χ3n) is 3.06. The Morgan fingerprint density at radius 1 is 1.15 bits per heavy atom. The number of ether oxygens (including phenoxy) is 1. The van der Waals surface area contributed by atoms with Gasteiger partial charge in [-0.2, -0.15) is 5.26 Å². The quantitative estimate of drug-likeness (QED) is 0.926. The third-order valence-corrected chi connectivity index (χ3v) is 3.06. The molecule has 0 bridgehead atoms. The smallest absolute Gasteiger partial charge is 0.227 e. The van der Waals surface area contributed by atoms with Gasteiger partial charge in [0.15, 0.2) is 0 Å². The molecule has 20 heavy (non-hydrogen) atoms. The standard InChI is InChI=1S/C15H16N4O/c1-9-5-12(7-16)6-10(2)13(9)20-15-11(3)14(17-4)18-8-19-15/h5-6,8H,1-4H3,(H,17,18,19). The number of hydrogen-bond acceptors (Lipinski definition) is 5. The van der Waals surface area contributed by atoms with Gasteiger partial charge < -0.3 is 10.1 Å². The van der Waals surface area contributed by atoms with Crippen molar-refractivity contribution in [3.63, 3.8) is 0 Å². The molecule has 0 unspecified atom stereocenters. The second-order valence-corrected chi connectivity index (χ2v) is 4.56. The Kier molecular flexibility index (Phi) is 3.85. The summed E-state index contributed by atoms with van der Waals surface area (Å²) in [5.41, 5.74) is 3.29. The lowest BCUT2D eigenvalue weighted by molar-refractivity contribution is 0.451. The Hall–Kier alpha value is -2.61. The van der Waals surface area contributed by atoms with E-state index in [-0.39, 0.29) is 0 Å². The number of nitrogens with zero attached hydrogens (tertiary/aromatic N) is 3. The molecule has 0 atom stereocenters. The summed E-state index contributed by atoms with van der Waals surface area (Å²) in [6.07, 6.45) is 1.46. The van der Waals surface area contributed by atoms with Gasteiger partial charge in [0.2, 0.25) is 5.88 Å². The van der Waals surface area contributed by atoms with Gasteiger partial charge in [0.05, 0.1) is 17.2 Å². The van der Waals surface area contributed by atoms with E-state index in [1.54, 1.807) is 19.2 Å². The molecule has 0 saturated heterocycles. The summed E-state index contributed by atoms with van der Waals surface area (Å²) in [7, 11) is 1.80. The van der Waals surface area contributed by atoms with E-state index in [0.29, 0.717) is 11.4 Å². The van der Waals surface area contributed by atoms with Crippen molar-refractivity contribution in [3.05, 3.63) is 40.7 Å². The molecule has 0 spiro atoms. The highest BCUT2D eigenvalue weighted by atomic mass is 16.5. The monoisotopic (exact) mass is 268 g/mol. The van der Waals surface area contributed by atoms with Crippen LogP contribution in [0.15, 0.2) is 18.5 Å². The van der Waals surface area contributed by atoms with Crippen molar-refractivity contribution in [1.82, 2.24) is 9.97 Å². The lowest BCUT2D eigenvalue weighted by Crippen LogP contribution is -2.01. The zero-order chi connectivity index (χ0) is 14.7. The largest absolute Gasteiger partial charge is 0.438 e. The minimum Gasteiger partial charge on any atom is -0.438 e. The summed E-state index contributed by atoms with van der Waals surface area (Å²) in [6.45, 7) is 5.73. The van der Waals surface area contributed by atoms with Crippen molar-refractivity contribution < 1.29 is 4.74 Å². The van der Waals surface area contributed by atoms with Crippen molar-refractivity contribution in [2.75, 3.05) is 12.4 Å². The van der Waals surface area contributed by atoms with E-state index in [1.807, 2.05) is 20.8 Å². The number of nitriles is 1. The number of rotatable bonds is 3. The number of benzene rings is 1. The fraction of sp³-hybridized carbons (Fsp3) is 0.267. The van der Waals surface area contributed by atoms with Gasteiger partial charge in [0.1, 0.15) is 17.9 Å². The fourth-order valence-electron chi connectivity index (χ4n) is 2.06. The Morgan fingerprint density at radius 3 is 2.35 bits per heavy atom. The van der Waals surface area contributed by atoms with Crippen LogP contribution < -0.4 is 10.1 Å². The molecule has 0 fully saturated rings. The molecule has 0 aliphatic heterocycles. The van der Waals surface area contributed by atoms with Crippen LogP contribution in [0.4, 0.5) is 5.82 Å². The zero-order valence-electron chi connectivity index (χ0n) is 12.0. The Labute approximate surface area is 118 Å². The predicted octanol–water partition coefficient (Wildman–Crippen LogP) is 3.11. The van der Waals surface area contributed by atoms with Crippen molar-refractivity contribution in [3.8, 4) is 17.7 Å². The maximum Gasteiger partial charge on any atom is 0.227 e. The van der Waals surface area contributed by atoms with Gasteiger partial charge in [0, 0.05) is 7.05 Å². The summed E-state index contributed by atoms with van der Waals surface area (Å²) in [5, 5.41) is 12.0. The number of nitrogens with one attached hydrogen (secondary N) is 1. The molecule has 1 N–H and O–H groups in total. The third kappa shape index (κ3) is 2.54. The molecule has 0 amide bonds. The number of aryl methyl sites for hydroxylation is 2. The summed E-state index contributed by atoms with van der Waals surface area (Å²) in [6, 6.07) is 5.74. The van der Waals surface area contributed by atoms with E-state index >= 15 is 0 Å². The molecule has 0 aliphatic carbocycles. The first-order valence-corrected chi connectivity index (χ1v) is 6.25. The highest BCUT2D eigenvalue weighted by molar-refractivity contribution is 5.52. The normalized spacial score (nSPS) is 9.95. The topological polar surface area (TPSA) is 70.8 Å². The van der Waals surface area contributed by atoms with Crippen LogP contribution in [0.1, 0.15) is 22.3 Å². The molecule has 5 heteroatoms. The maximum atomic E-state index is 8.96. The molecular formula is C15H16N4O. The zero-order valence-corrected chi connectivity index (χ0v) is 12.0. The van der Waals surface area contributed by atoms with Gasteiger partial charge in [-0.1, -0.05) is 0 Å². The van der Waals surface area contributed by atoms with Crippen LogP contribution in [-0.4, -0.2) is 17.0 Å². The highest BCUT2D eigenvalue weighted by Gasteiger charge is 2.12. The van der Waals surface area contributed by atoms with Gasteiger partial charge in [-0.25, -0.2) is 9.97 Å². The summed E-state index contributed by atoms with van der Waals surface area (Å²) < 4.78 is 5.91. The lowest BCUT2D eigenvalue weighted by Gasteiger charge is -2.14. The van der Waals surface area contributed by atoms with E-state index in [4.69, 9.17) is 10.00 Å². The van der Waals surface area contributed by atoms with Crippen molar-refractivity contribution in [2.45, 2.75) is 20.8 Å². The minimum atomic E-state index is 0.514. The van der Waals surface area contributed by atoms with E-state index in [1.165, 1.54) is 6.33 Å². The van der Waals surface area contributed by atoms with Crippen LogP contribution in [0.3, 0.4) is 0 Å². The lowest BCUT2D eigenvalue weighted by atomic mass is 10.1. The number of anilines is 1. The molecule has 1 heterocycles. The first-order valence-electron chi connectivity index (χ1n) is 6.25. The number of hydrogen-bond donors (Lipinski definition) is 1. The van der Waals surface area contributed by atoms with Crippen molar-refractivity contribution in [2.24, 2.45) is 0 Å². The van der Waals surface area contributed by atoms with E-state index in [2.05, 4.69) is 21.4 Å². The molecule has 0 radical (unpaired) electrons. The Balaban J connectivity index is 2.43. The first-order chi connectivity index (χ1) is 9.56. The van der Waals surface area contributed by atoms with Crippen LogP contribution in [-0.2, 0) is 0 Å². The molecule has 0 saturated carbocycles. The maximum absolute atomic E-state index is 8.96. The van der Waals surface area contributed by atoms with Gasteiger partial charge in [-0.3, -0.25) is 0 Å². The SMILES string of the molecule is CNc1ncnc(Oc2c(C)cc(C#N)cc2C)c1C. The summed E-state index contributed by atoms with van der Waals surface area (Å²) in [4.78, 5) is 8.29. The Bertz CT molecular complexity index is 666. The Morgan fingerprint density at radius 2 is 1.80 bits per heavy atom. The molecule has 102 valence electrons. The molecular weight excluding hydrogens is 252 g/mol. The van der Waals surface area contributed by atoms with Crippen molar-refractivity contribution >= 4 is 5.82 Å².